The van der Waals surface area contributed by atoms with E-state index in [9.17, 15) is 0 Å². The fourth-order valence-corrected chi connectivity index (χ4v) is 9.35. The van der Waals surface area contributed by atoms with Crippen LogP contribution in [0.1, 0.15) is 128 Å². The first-order chi connectivity index (χ1) is 14.4. The van der Waals surface area contributed by atoms with Crippen LogP contribution in [0, 0.1) is 0 Å². The number of hydrogen-bond acceptors (Lipinski definition) is 4. The molecule has 0 aromatic heterocycles. The van der Waals surface area contributed by atoms with E-state index in [4.69, 9.17) is 0 Å². The second-order valence-corrected chi connectivity index (χ2v) is 12.6. The molecule has 0 aliphatic heterocycles. The van der Waals surface area contributed by atoms with E-state index in [1.807, 2.05) is 0 Å². The molecule has 0 bridgehead atoms. The van der Waals surface area contributed by atoms with Crippen molar-refractivity contribution in [1.82, 2.24) is 8.61 Å². The van der Waals surface area contributed by atoms with Gasteiger partial charge >= 0.3 is 0 Å². The second-order valence-electron chi connectivity index (χ2n) is 10.3. The quantitative estimate of drug-likeness (QED) is 0.278. The average molecular weight is 439 g/mol. The topological polar surface area (TPSA) is 6.48 Å². The smallest absolute Gasteiger partial charge is 0.0687 e. The Bertz CT molecular complexity index is 360. The Hall–Kier alpha value is 0.620. The first kappa shape index (κ1) is 22.8. The average Bonchev–Trinajstić information content (AvgIpc) is 2.81. The summed E-state index contributed by atoms with van der Waals surface area (Å²) >= 11 is 4.49. The van der Waals surface area contributed by atoms with Crippen molar-refractivity contribution in [2.24, 2.45) is 0 Å². The van der Waals surface area contributed by atoms with Crippen LogP contribution in [0.25, 0.3) is 0 Å². The monoisotopic (exact) mass is 438 g/mol. The summed E-state index contributed by atoms with van der Waals surface area (Å²) in [6.07, 6.45) is 29.4. The third kappa shape index (κ3) is 6.80. The van der Waals surface area contributed by atoms with E-state index in [0.717, 1.165) is 24.2 Å². The number of rotatable bonds is 8. The number of hydrogen-bond donors (Lipinski definition) is 0. The summed E-state index contributed by atoms with van der Waals surface area (Å²) in [6, 6.07) is 3.48. The van der Waals surface area contributed by atoms with Gasteiger partial charge in [0.25, 0.3) is 0 Å². The first-order valence-corrected chi connectivity index (χ1v) is 15.1. The van der Waals surface area contributed by atoms with Gasteiger partial charge in [-0.25, -0.2) is 8.61 Å². The van der Waals surface area contributed by atoms with Crippen molar-refractivity contribution in [3.8, 4) is 0 Å². The number of nitrogens with zero attached hydrogens (tertiary/aromatic N) is 2. The minimum absolute atomic E-state index is 0.871. The standard InChI is InChI=1S/C25H46N2S2/c1-5-13-22(14-6-1)26(23-15-7-2-8-16-23)28-21-29-27(24-17-9-3-10-18-24)25-19-11-4-12-20-25/h22-25H,1-21H2. The van der Waals surface area contributed by atoms with Crippen molar-refractivity contribution >= 4 is 23.9 Å². The Balaban J connectivity index is 1.34. The molecule has 29 heavy (non-hydrogen) atoms. The maximum absolute atomic E-state index is 2.95. The Morgan fingerprint density at radius 3 is 0.862 bits per heavy atom. The molecular weight excluding hydrogens is 392 g/mol. The van der Waals surface area contributed by atoms with Gasteiger partial charge in [0, 0.05) is 24.2 Å². The van der Waals surface area contributed by atoms with E-state index in [0.29, 0.717) is 0 Å². The molecule has 4 aliphatic carbocycles. The zero-order valence-corrected chi connectivity index (χ0v) is 20.5. The zero-order valence-electron chi connectivity index (χ0n) is 18.9. The van der Waals surface area contributed by atoms with Gasteiger partial charge in [0.2, 0.25) is 0 Å². The highest BCUT2D eigenvalue weighted by Crippen LogP contribution is 2.39. The molecule has 4 rings (SSSR count). The van der Waals surface area contributed by atoms with Crippen LogP contribution in [0.3, 0.4) is 0 Å². The maximum atomic E-state index is 2.95. The molecule has 4 saturated carbocycles. The largest absolute Gasteiger partial charge is 0.244 e. The fourth-order valence-electron chi connectivity index (χ4n) is 6.51. The molecule has 0 unspecified atom stereocenters. The van der Waals surface area contributed by atoms with Crippen LogP contribution in [-0.4, -0.2) is 37.9 Å². The molecule has 0 radical (unpaired) electrons. The Labute approximate surface area is 190 Å². The van der Waals surface area contributed by atoms with E-state index in [2.05, 4.69) is 32.5 Å². The van der Waals surface area contributed by atoms with Gasteiger partial charge in [-0.05, 0) is 51.4 Å². The lowest BCUT2D eigenvalue weighted by Crippen LogP contribution is -2.42. The lowest BCUT2D eigenvalue weighted by molar-refractivity contribution is 0.183. The molecule has 0 aromatic rings. The summed E-state index contributed by atoms with van der Waals surface area (Å²) in [5, 5.41) is 1.26. The van der Waals surface area contributed by atoms with Crippen LogP contribution in [0.5, 0.6) is 0 Å². The van der Waals surface area contributed by atoms with Crippen LogP contribution in [0.4, 0.5) is 0 Å². The summed E-state index contributed by atoms with van der Waals surface area (Å²) < 4.78 is 5.90. The van der Waals surface area contributed by atoms with Crippen LogP contribution >= 0.6 is 23.9 Å². The van der Waals surface area contributed by atoms with Gasteiger partial charge in [0.05, 0.1) is 5.08 Å². The highest BCUT2D eigenvalue weighted by atomic mass is 32.2. The first-order valence-electron chi connectivity index (χ1n) is 13.2. The summed E-state index contributed by atoms with van der Waals surface area (Å²) in [4.78, 5) is 0. The van der Waals surface area contributed by atoms with Crippen molar-refractivity contribution < 1.29 is 0 Å². The summed E-state index contributed by atoms with van der Waals surface area (Å²) in [7, 11) is 0. The molecule has 4 aliphatic rings. The van der Waals surface area contributed by atoms with E-state index >= 15 is 0 Å². The Morgan fingerprint density at radius 1 is 0.379 bits per heavy atom. The minimum Gasteiger partial charge on any atom is -0.244 e. The van der Waals surface area contributed by atoms with Crippen LogP contribution in [-0.2, 0) is 0 Å². The summed E-state index contributed by atoms with van der Waals surface area (Å²) in [5.41, 5.74) is 0. The molecular formula is C25H46N2S2. The van der Waals surface area contributed by atoms with Gasteiger partial charge in [-0.2, -0.15) is 0 Å². The summed E-state index contributed by atoms with van der Waals surface area (Å²) in [6.45, 7) is 0. The van der Waals surface area contributed by atoms with Crippen molar-refractivity contribution in [3.05, 3.63) is 0 Å². The fraction of sp³-hybridized carbons (Fsp3) is 1.00. The van der Waals surface area contributed by atoms with Crippen molar-refractivity contribution in [2.45, 2.75) is 153 Å². The molecule has 0 spiro atoms. The van der Waals surface area contributed by atoms with Gasteiger partial charge in [0.1, 0.15) is 0 Å². The Morgan fingerprint density at radius 2 is 0.621 bits per heavy atom. The molecule has 168 valence electrons. The molecule has 0 aromatic carbocycles. The Kier molecular flexibility index (Phi) is 9.91. The third-order valence-corrected chi connectivity index (χ3v) is 10.8. The molecule has 0 atom stereocenters. The molecule has 4 heteroatoms. The van der Waals surface area contributed by atoms with Gasteiger partial charge < -0.3 is 0 Å². The van der Waals surface area contributed by atoms with Crippen LogP contribution in [0.15, 0.2) is 0 Å². The molecule has 2 nitrogen and oxygen atoms in total. The van der Waals surface area contributed by atoms with Crippen molar-refractivity contribution in [1.29, 1.82) is 0 Å². The lowest BCUT2D eigenvalue weighted by atomic mass is 9.91. The van der Waals surface area contributed by atoms with E-state index < -0.39 is 0 Å². The molecule has 4 fully saturated rings. The second kappa shape index (κ2) is 12.6. The van der Waals surface area contributed by atoms with Gasteiger partial charge in [-0.1, -0.05) is 101 Å². The minimum atomic E-state index is 0.871. The van der Waals surface area contributed by atoms with E-state index in [-0.39, 0.29) is 0 Å². The van der Waals surface area contributed by atoms with Crippen molar-refractivity contribution in [3.63, 3.8) is 0 Å². The van der Waals surface area contributed by atoms with Gasteiger partial charge in [0.15, 0.2) is 0 Å². The normalized spacial score (nSPS) is 27.1. The maximum Gasteiger partial charge on any atom is 0.0687 e. The highest BCUT2D eigenvalue weighted by Gasteiger charge is 2.32. The SMILES string of the molecule is C1CCC(N(SCSN(C2CCCCC2)C2CCCCC2)C2CCCCC2)CC1. The third-order valence-electron chi connectivity index (χ3n) is 8.14. The predicted octanol–water partition coefficient (Wildman–Crippen LogP) is 8.18. The lowest BCUT2D eigenvalue weighted by Gasteiger charge is -2.43. The van der Waals surface area contributed by atoms with Crippen LogP contribution < -0.4 is 0 Å². The molecule has 0 heterocycles. The zero-order chi connectivity index (χ0) is 19.7. The van der Waals surface area contributed by atoms with Gasteiger partial charge in [-0.3, -0.25) is 0 Å². The molecule has 0 amide bonds. The van der Waals surface area contributed by atoms with E-state index in [1.165, 1.54) is 134 Å². The highest BCUT2D eigenvalue weighted by molar-refractivity contribution is 8.13. The van der Waals surface area contributed by atoms with Gasteiger partial charge in [-0.15, -0.1) is 0 Å². The predicted molar refractivity (Wildman–Crippen MR) is 131 cm³/mol. The van der Waals surface area contributed by atoms with Crippen molar-refractivity contribution in [2.75, 3.05) is 5.08 Å². The van der Waals surface area contributed by atoms with Crippen LogP contribution in [0.2, 0.25) is 0 Å². The molecule has 0 N–H and O–H groups in total. The summed E-state index contributed by atoms with van der Waals surface area (Å²) in [5.74, 6) is 0. The van der Waals surface area contributed by atoms with E-state index in [1.54, 1.807) is 0 Å². The molecule has 0 saturated heterocycles.